The highest BCUT2D eigenvalue weighted by molar-refractivity contribution is 8.68. The summed E-state index contributed by atoms with van der Waals surface area (Å²) in [7, 11) is 0. The molecule has 2 aliphatic heterocycles. The fourth-order valence-electron chi connectivity index (χ4n) is 3.55. The Morgan fingerprint density at radius 1 is 1.30 bits per heavy atom. The molecule has 1 unspecified atom stereocenters. The molecule has 2 fully saturated rings. The van der Waals surface area contributed by atoms with E-state index < -0.39 is 41.3 Å². The summed E-state index contributed by atoms with van der Waals surface area (Å²) >= 11 is 7.10. The third-order valence-electron chi connectivity index (χ3n) is 5.55. The molecule has 178 valence electrons. The van der Waals surface area contributed by atoms with Crippen molar-refractivity contribution >= 4 is 34.9 Å². The van der Waals surface area contributed by atoms with Gasteiger partial charge in [0.25, 0.3) is 5.56 Å². The van der Waals surface area contributed by atoms with Gasteiger partial charge in [-0.2, -0.15) is 0 Å². The molecule has 0 bridgehead atoms. The van der Waals surface area contributed by atoms with Crippen LogP contribution in [0.25, 0.3) is 0 Å². The minimum Gasteiger partial charge on any atom is -0.456 e. The third-order valence-corrected chi connectivity index (χ3v) is 11.3. The molecule has 3 heterocycles. The maximum atomic E-state index is 12.7. The molecule has 2 aromatic rings. The van der Waals surface area contributed by atoms with Crippen LogP contribution in [0, 0.1) is 6.92 Å². The predicted octanol–water partition coefficient (Wildman–Crippen LogP) is 3.14. The Morgan fingerprint density at radius 2 is 2.03 bits per heavy atom. The molecular weight excluding hydrogens is 487 g/mol. The Morgan fingerprint density at radius 3 is 2.70 bits per heavy atom. The molecule has 0 spiro atoms. The van der Waals surface area contributed by atoms with Crippen LogP contribution in [-0.4, -0.2) is 45.7 Å². The Labute approximate surface area is 199 Å². The van der Waals surface area contributed by atoms with Crippen molar-refractivity contribution in [2.75, 3.05) is 6.61 Å². The first-order chi connectivity index (χ1) is 15.6. The summed E-state index contributed by atoms with van der Waals surface area (Å²) in [5, 5.41) is 0.211. The van der Waals surface area contributed by atoms with Gasteiger partial charge in [-0.1, -0.05) is 36.5 Å². The van der Waals surface area contributed by atoms with Crippen molar-refractivity contribution in [1.29, 1.82) is 0 Å². The van der Waals surface area contributed by atoms with Crippen molar-refractivity contribution in [1.82, 2.24) is 9.55 Å². The number of carbonyl (C=O) groups excluding carboxylic acids is 1. The molecule has 0 aliphatic carbocycles. The number of aromatic nitrogens is 2. The van der Waals surface area contributed by atoms with Gasteiger partial charge in [-0.05, 0) is 37.8 Å². The lowest BCUT2D eigenvalue weighted by Crippen LogP contribution is -2.33. The monoisotopic (exact) mass is 512 g/mol. The second kappa shape index (κ2) is 9.85. The van der Waals surface area contributed by atoms with Crippen molar-refractivity contribution < 1.29 is 23.3 Å². The van der Waals surface area contributed by atoms with Crippen LogP contribution < -0.4 is 11.2 Å². The maximum absolute atomic E-state index is 12.7. The van der Waals surface area contributed by atoms with Gasteiger partial charge in [0.05, 0.1) is 18.3 Å². The molecule has 2 aliphatic rings. The first kappa shape index (κ1) is 24.4. The average Bonchev–Trinajstić information content (AvgIpc) is 3.29. The summed E-state index contributed by atoms with van der Waals surface area (Å²) in [5.74, 6) is -0.503. The molecule has 1 aromatic carbocycles. The first-order valence-corrected chi connectivity index (χ1v) is 14.6. The van der Waals surface area contributed by atoms with Gasteiger partial charge in [0.2, 0.25) is 5.69 Å². The minimum absolute atomic E-state index is 0.0209. The topological polar surface area (TPSA) is 109 Å². The number of carbonyl (C=O) groups is 1. The zero-order valence-corrected chi connectivity index (χ0v) is 20.9. The van der Waals surface area contributed by atoms with Gasteiger partial charge in [0, 0.05) is 23.4 Å². The number of rotatable bonds is 6. The van der Waals surface area contributed by atoms with Crippen molar-refractivity contribution in [3.63, 3.8) is 0 Å². The first-order valence-electron chi connectivity index (χ1n) is 10.5. The van der Waals surface area contributed by atoms with Gasteiger partial charge >= 0.3 is 11.7 Å². The number of hydrogen-bond donors (Lipinski definition) is 1. The SMILES string of the molecule is Cc1cn([C@H]2C[C@H](OC(=O)c3ccccc3)[C@@H](COP3(=S)O[C@H](C)[C@H](C)S3)O2)c(=O)[nH]c1=O. The lowest BCUT2D eigenvalue weighted by atomic mass is 10.1. The maximum Gasteiger partial charge on any atom is 0.338 e. The largest absolute Gasteiger partial charge is 0.456 e. The van der Waals surface area contributed by atoms with Gasteiger partial charge in [-0.15, -0.1) is 0 Å². The molecular formula is C21H25N2O7PS2. The normalized spacial score (nSPS) is 31.5. The van der Waals surface area contributed by atoms with Crippen LogP contribution in [0.1, 0.15) is 42.4 Å². The van der Waals surface area contributed by atoms with E-state index in [-0.39, 0.29) is 24.4 Å². The molecule has 2 saturated heterocycles. The highest BCUT2D eigenvalue weighted by Crippen LogP contribution is 2.69. The summed E-state index contributed by atoms with van der Waals surface area (Å²) in [6.07, 6.45) is -0.478. The lowest BCUT2D eigenvalue weighted by Gasteiger charge is -2.22. The van der Waals surface area contributed by atoms with Gasteiger partial charge in [0.15, 0.2) is 0 Å². The van der Waals surface area contributed by atoms with E-state index in [1.807, 2.05) is 13.8 Å². The van der Waals surface area contributed by atoms with E-state index in [4.69, 9.17) is 30.3 Å². The molecule has 33 heavy (non-hydrogen) atoms. The van der Waals surface area contributed by atoms with Gasteiger partial charge in [0.1, 0.15) is 18.4 Å². The van der Waals surface area contributed by atoms with Crippen LogP contribution >= 0.6 is 17.1 Å². The highest BCUT2D eigenvalue weighted by Gasteiger charge is 2.43. The Balaban J connectivity index is 1.54. The van der Waals surface area contributed by atoms with Crippen molar-refractivity contribution in [2.24, 2.45) is 0 Å². The second-order valence-electron chi connectivity index (χ2n) is 8.02. The van der Waals surface area contributed by atoms with Crippen molar-refractivity contribution in [3.8, 4) is 0 Å². The zero-order valence-electron chi connectivity index (χ0n) is 18.3. The number of esters is 1. The van der Waals surface area contributed by atoms with Crippen LogP contribution in [0.15, 0.2) is 46.1 Å². The Kier molecular flexibility index (Phi) is 7.28. The highest BCUT2D eigenvalue weighted by atomic mass is 32.9. The van der Waals surface area contributed by atoms with E-state index in [0.29, 0.717) is 11.1 Å². The molecule has 0 amide bonds. The third kappa shape index (κ3) is 5.50. The van der Waals surface area contributed by atoms with Crippen LogP contribution in [0.5, 0.6) is 0 Å². The second-order valence-corrected chi connectivity index (χ2v) is 14.5. The van der Waals surface area contributed by atoms with E-state index in [2.05, 4.69) is 4.98 Å². The van der Waals surface area contributed by atoms with Crippen molar-refractivity contribution in [2.45, 2.75) is 57.0 Å². The van der Waals surface area contributed by atoms with Gasteiger partial charge < -0.3 is 18.5 Å². The van der Waals surface area contributed by atoms with E-state index in [1.165, 1.54) is 22.1 Å². The molecule has 1 aromatic heterocycles. The van der Waals surface area contributed by atoms with E-state index in [9.17, 15) is 14.4 Å². The van der Waals surface area contributed by atoms with Gasteiger partial charge in [-0.3, -0.25) is 14.3 Å². The average molecular weight is 513 g/mol. The Hall–Kier alpha value is -1.75. The number of hydrogen-bond acceptors (Lipinski definition) is 9. The summed E-state index contributed by atoms with van der Waals surface area (Å²) in [6, 6.07) is 8.62. The fourth-order valence-corrected chi connectivity index (χ4v) is 9.83. The summed E-state index contributed by atoms with van der Waals surface area (Å²) in [6.45, 7) is 5.63. The molecule has 0 saturated carbocycles. The van der Waals surface area contributed by atoms with E-state index >= 15 is 0 Å². The number of aryl methyl sites for hydroxylation is 1. The smallest absolute Gasteiger partial charge is 0.338 e. The molecule has 1 N–H and O–H groups in total. The quantitative estimate of drug-likeness (QED) is 0.461. The number of ether oxygens (including phenoxy) is 2. The standard InChI is InChI=1S/C21H25N2O7PS2/c1-12-10-23(21(26)22-19(12)24)18-9-16(29-20(25)15-7-5-4-6-8-15)17(28-18)11-27-31(32)30-13(2)14(3)33-31/h4-8,10,13-14,16-18H,9,11H2,1-3H3,(H,22,24,26)/t13-,14+,16+,17-,18-,31?/m1/s1. The molecule has 0 radical (unpaired) electrons. The van der Waals surface area contributed by atoms with Crippen LogP contribution in [0.4, 0.5) is 0 Å². The number of nitrogens with one attached hydrogen (secondary N) is 1. The van der Waals surface area contributed by atoms with Crippen LogP contribution in [-0.2, 0) is 30.3 Å². The van der Waals surface area contributed by atoms with Crippen LogP contribution in [0.3, 0.4) is 0 Å². The summed E-state index contributed by atoms with van der Waals surface area (Å²) < 4.78 is 25.0. The molecule has 12 heteroatoms. The van der Waals surface area contributed by atoms with Crippen LogP contribution in [0.2, 0.25) is 0 Å². The molecule has 4 rings (SSSR count). The summed E-state index contributed by atoms with van der Waals surface area (Å²) in [4.78, 5) is 39.1. The lowest BCUT2D eigenvalue weighted by molar-refractivity contribution is -0.0478. The molecule has 6 atom stereocenters. The number of nitrogens with zero attached hydrogens (tertiary/aromatic N) is 1. The van der Waals surface area contributed by atoms with Crippen molar-refractivity contribution in [3.05, 3.63) is 68.5 Å². The Bertz CT molecular complexity index is 1170. The fraction of sp³-hybridized carbons (Fsp3) is 0.476. The molecule has 9 nitrogen and oxygen atoms in total. The predicted molar refractivity (Wildman–Crippen MR) is 128 cm³/mol. The van der Waals surface area contributed by atoms with E-state index in [0.717, 1.165) is 0 Å². The summed E-state index contributed by atoms with van der Waals surface area (Å²) in [5.41, 5.74) is -2.85. The minimum atomic E-state index is -2.56. The van der Waals surface area contributed by atoms with E-state index in [1.54, 1.807) is 37.3 Å². The zero-order chi connectivity index (χ0) is 23.8. The van der Waals surface area contributed by atoms with Gasteiger partial charge in [-0.25, -0.2) is 9.59 Å². The number of aromatic amines is 1. The number of benzene rings is 1. The number of H-pyrrole nitrogens is 1.